The zero-order valence-corrected chi connectivity index (χ0v) is 14.3. The molecule has 1 aliphatic carbocycles. The summed E-state index contributed by atoms with van der Waals surface area (Å²) in [5.74, 6) is 0.126. The van der Waals surface area contributed by atoms with Crippen LogP contribution in [-0.2, 0) is 9.59 Å². The van der Waals surface area contributed by atoms with Gasteiger partial charge in [-0.3, -0.25) is 20.0 Å². The molecule has 1 fully saturated rings. The van der Waals surface area contributed by atoms with Crippen LogP contribution >= 0.6 is 0 Å². The Labute approximate surface area is 151 Å². The van der Waals surface area contributed by atoms with Gasteiger partial charge in [-0.05, 0) is 36.5 Å². The van der Waals surface area contributed by atoms with Crippen molar-refractivity contribution in [2.45, 2.75) is 18.9 Å². The van der Waals surface area contributed by atoms with Gasteiger partial charge in [0.2, 0.25) is 5.84 Å². The first-order valence-electron chi connectivity index (χ1n) is 8.77. The fourth-order valence-corrected chi connectivity index (χ4v) is 3.10. The number of hydrogen-bond donors (Lipinski definition) is 2. The van der Waals surface area contributed by atoms with Crippen LogP contribution in [0.2, 0.25) is 0 Å². The highest BCUT2D eigenvalue weighted by atomic mass is 16.2. The average molecular weight is 348 g/mol. The van der Waals surface area contributed by atoms with Crippen molar-refractivity contribution in [2.75, 3.05) is 11.6 Å². The molecule has 2 aromatic carbocycles. The van der Waals surface area contributed by atoms with Gasteiger partial charge in [0.05, 0.1) is 11.7 Å². The highest BCUT2D eigenvalue weighted by Gasteiger charge is 2.35. The number of rotatable bonds is 5. The van der Waals surface area contributed by atoms with Gasteiger partial charge in [-0.1, -0.05) is 48.5 Å². The van der Waals surface area contributed by atoms with Gasteiger partial charge >= 0.3 is 0 Å². The number of hydrazine groups is 1. The largest absolute Gasteiger partial charge is 0.342 e. The second kappa shape index (κ2) is 7.00. The van der Waals surface area contributed by atoms with Crippen LogP contribution in [0.3, 0.4) is 0 Å². The first-order chi connectivity index (χ1) is 12.7. The quantitative estimate of drug-likeness (QED) is 0.870. The van der Waals surface area contributed by atoms with Crippen LogP contribution in [0.1, 0.15) is 24.4 Å². The second-order valence-corrected chi connectivity index (χ2v) is 6.54. The van der Waals surface area contributed by atoms with Gasteiger partial charge in [0.15, 0.2) is 0 Å². The van der Waals surface area contributed by atoms with Crippen LogP contribution < -0.4 is 15.8 Å². The molecule has 2 N–H and O–H groups in total. The molecule has 4 rings (SSSR count). The highest BCUT2D eigenvalue weighted by molar-refractivity contribution is 6.39. The van der Waals surface area contributed by atoms with Crippen LogP contribution in [0.4, 0.5) is 5.69 Å². The number of carbonyl (C=O) groups is 2. The van der Waals surface area contributed by atoms with Gasteiger partial charge in [-0.2, -0.15) is 0 Å². The summed E-state index contributed by atoms with van der Waals surface area (Å²) < 4.78 is 0. The molecule has 2 aromatic rings. The lowest BCUT2D eigenvalue weighted by atomic mass is 10.0. The number of nitrogens with zero attached hydrogens (tertiary/aromatic N) is 2. The number of carbonyl (C=O) groups excluding carboxylic acids is 2. The molecule has 2 aliphatic rings. The monoisotopic (exact) mass is 348 g/mol. The Morgan fingerprint density at radius 2 is 1.73 bits per heavy atom. The molecule has 6 heteroatoms. The number of anilines is 1. The third kappa shape index (κ3) is 3.44. The zero-order chi connectivity index (χ0) is 17.9. The molecular formula is C20H20N4O2. The minimum atomic E-state index is -0.292. The molecule has 1 atom stereocenters. The van der Waals surface area contributed by atoms with Crippen LogP contribution in [0, 0.1) is 5.92 Å². The Morgan fingerprint density at radius 3 is 2.38 bits per heavy atom. The number of benzene rings is 2. The standard InChI is InChI=1S/C20H20N4O2/c25-17-13-21-19(23-24(17)16-9-5-2-6-10-16)20(26)22-18(15-11-12-15)14-7-3-1-4-8-14/h1-10,15,18H,11-13H2,(H,21,23)(H,22,26). The maximum Gasteiger partial charge on any atom is 0.288 e. The summed E-state index contributed by atoms with van der Waals surface area (Å²) in [6.07, 6.45) is 2.21. The third-order valence-corrected chi connectivity index (χ3v) is 4.61. The highest BCUT2D eigenvalue weighted by Crippen LogP contribution is 2.40. The average Bonchev–Trinajstić information content (AvgIpc) is 3.53. The Kier molecular flexibility index (Phi) is 4.39. The molecule has 0 bridgehead atoms. The van der Waals surface area contributed by atoms with E-state index < -0.39 is 0 Å². The molecule has 0 saturated heterocycles. The smallest absolute Gasteiger partial charge is 0.288 e. The van der Waals surface area contributed by atoms with Crippen molar-refractivity contribution in [3.8, 4) is 0 Å². The summed E-state index contributed by atoms with van der Waals surface area (Å²) in [7, 11) is 0. The van der Waals surface area contributed by atoms with Crippen LogP contribution in [0.5, 0.6) is 0 Å². The van der Waals surface area contributed by atoms with E-state index in [0.29, 0.717) is 11.6 Å². The SMILES string of the molecule is O=C(NC(c1ccccc1)C1CC1)C1=NCC(=O)N(c2ccccc2)N1. The van der Waals surface area contributed by atoms with E-state index in [2.05, 4.69) is 15.7 Å². The number of nitrogens with one attached hydrogen (secondary N) is 2. The van der Waals surface area contributed by atoms with Crippen LogP contribution in [0.25, 0.3) is 0 Å². The summed E-state index contributed by atoms with van der Waals surface area (Å²) in [5, 5.41) is 4.45. The molecule has 0 radical (unpaired) electrons. The van der Waals surface area contributed by atoms with E-state index in [0.717, 1.165) is 18.4 Å². The van der Waals surface area contributed by atoms with Gasteiger partial charge < -0.3 is 5.32 Å². The number of hydrogen-bond acceptors (Lipinski definition) is 4. The summed E-state index contributed by atoms with van der Waals surface area (Å²) in [6, 6.07) is 19.1. The van der Waals surface area contributed by atoms with E-state index >= 15 is 0 Å². The van der Waals surface area contributed by atoms with E-state index in [1.165, 1.54) is 5.01 Å². The zero-order valence-electron chi connectivity index (χ0n) is 14.3. The Morgan fingerprint density at radius 1 is 1.08 bits per heavy atom. The fourth-order valence-electron chi connectivity index (χ4n) is 3.10. The summed E-state index contributed by atoms with van der Waals surface area (Å²) in [6.45, 7) is -0.0515. The van der Waals surface area contributed by atoms with Crippen molar-refractivity contribution in [2.24, 2.45) is 10.9 Å². The van der Waals surface area contributed by atoms with Crippen molar-refractivity contribution in [1.82, 2.24) is 10.7 Å². The molecule has 0 spiro atoms. The molecule has 6 nitrogen and oxygen atoms in total. The second-order valence-electron chi connectivity index (χ2n) is 6.54. The molecule has 1 saturated carbocycles. The van der Waals surface area contributed by atoms with E-state index in [1.54, 1.807) is 0 Å². The van der Waals surface area contributed by atoms with Gasteiger partial charge in [0.1, 0.15) is 6.54 Å². The molecule has 26 heavy (non-hydrogen) atoms. The van der Waals surface area contributed by atoms with Gasteiger partial charge in [-0.25, -0.2) is 5.01 Å². The Bertz CT molecular complexity index is 831. The first kappa shape index (κ1) is 16.3. The van der Waals surface area contributed by atoms with Gasteiger partial charge in [0.25, 0.3) is 11.8 Å². The summed E-state index contributed by atoms with van der Waals surface area (Å²) in [4.78, 5) is 29.0. The predicted molar refractivity (Wildman–Crippen MR) is 99.4 cm³/mol. The van der Waals surface area contributed by atoms with E-state index in [1.807, 2.05) is 60.7 Å². The molecular weight excluding hydrogens is 328 g/mol. The van der Waals surface area contributed by atoms with Crippen molar-refractivity contribution >= 4 is 23.3 Å². The number of aliphatic imine (C=N–C) groups is 1. The number of para-hydroxylation sites is 1. The lowest BCUT2D eigenvalue weighted by Gasteiger charge is -2.28. The fraction of sp³-hybridized carbons (Fsp3) is 0.250. The molecule has 1 heterocycles. The number of amides is 2. The summed E-state index contributed by atoms with van der Waals surface area (Å²) >= 11 is 0. The van der Waals surface area contributed by atoms with Gasteiger partial charge in [-0.15, -0.1) is 0 Å². The minimum Gasteiger partial charge on any atom is -0.342 e. The van der Waals surface area contributed by atoms with E-state index in [-0.39, 0.29) is 30.2 Å². The first-order valence-corrected chi connectivity index (χ1v) is 8.77. The van der Waals surface area contributed by atoms with Crippen LogP contribution in [-0.4, -0.2) is 24.2 Å². The third-order valence-electron chi connectivity index (χ3n) is 4.61. The lowest BCUT2D eigenvalue weighted by molar-refractivity contribution is -0.118. The normalized spacial score (nSPS) is 17.9. The maximum absolute atomic E-state index is 12.8. The molecule has 2 amide bonds. The predicted octanol–water partition coefficient (Wildman–Crippen LogP) is 2.20. The maximum atomic E-state index is 12.8. The minimum absolute atomic E-state index is 0.0315. The van der Waals surface area contributed by atoms with Crippen molar-refractivity contribution in [3.63, 3.8) is 0 Å². The van der Waals surface area contributed by atoms with E-state index in [9.17, 15) is 9.59 Å². The lowest BCUT2D eigenvalue weighted by Crippen LogP contribution is -2.56. The molecule has 1 aliphatic heterocycles. The number of amidine groups is 1. The van der Waals surface area contributed by atoms with Crippen LogP contribution in [0.15, 0.2) is 65.7 Å². The Hall–Kier alpha value is -3.15. The summed E-state index contributed by atoms with van der Waals surface area (Å²) in [5.41, 5.74) is 4.63. The van der Waals surface area contributed by atoms with Crippen molar-refractivity contribution in [1.29, 1.82) is 0 Å². The van der Waals surface area contributed by atoms with Crippen molar-refractivity contribution < 1.29 is 9.59 Å². The Balaban J connectivity index is 1.50. The molecule has 0 aromatic heterocycles. The molecule has 1 unspecified atom stereocenters. The van der Waals surface area contributed by atoms with E-state index in [4.69, 9.17) is 0 Å². The van der Waals surface area contributed by atoms with Gasteiger partial charge in [0, 0.05) is 0 Å². The molecule has 132 valence electrons. The topological polar surface area (TPSA) is 73.8 Å². The van der Waals surface area contributed by atoms with Crippen molar-refractivity contribution in [3.05, 3.63) is 66.2 Å².